The number of hydrazine groups is 1. The maximum Gasteiger partial charge on any atom is 0.0850 e. The Morgan fingerprint density at radius 1 is 1.45 bits per heavy atom. The van der Waals surface area contributed by atoms with Crippen molar-refractivity contribution in [2.24, 2.45) is 12.9 Å². The summed E-state index contributed by atoms with van der Waals surface area (Å²) >= 11 is 6.41. The van der Waals surface area contributed by atoms with E-state index in [0.29, 0.717) is 0 Å². The monoisotopic (exact) mass is 296 g/mol. The predicted octanol–water partition coefficient (Wildman–Crippen LogP) is 2.90. The molecule has 0 radical (unpaired) electrons. The van der Waals surface area contributed by atoms with Crippen LogP contribution in [0.1, 0.15) is 50.4 Å². The van der Waals surface area contributed by atoms with E-state index in [-0.39, 0.29) is 6.04 Å². The number of hydrogen-bond acceptors (Lipinski definition) is 3. The topological polar surface area (TPSA) is 55.9 Å². The lowest BCUT2D eigenvalue weighted by Crippen LogP contribution is -2.37. The normalized spacial score (nSPS) is 17.1. The Morgan fingerprint density at radius 2 is 2.25 bits per heavy atom. The predicted molar refractivity (Wildman–Crippen MR) is 83.6 cm³/mol. The third-order valence-corrected chi connectivity index (χ3v) is 4.51. The van der Waals surface area contributed by atoms with Gasteiger partial charge in [0, 0.05) is 19.5 Å². The van der Waals surface area contributed by atoms with Crippen molar-refractivity contribution in [3.63, 3.8) is 0 Å². The van der Waals surface area contributed by atoms with Gasteiger partial charge in [-0.05, 0) is 38.5 Å². The van der Waals surface area contributed by atoms with Crippen LogP contribution >= 0.6 is 11.6 Å². The van der Waals surface area contributed by atoms with Gasteiger partial charge in [0.25, 0.3) is 0 Å². The molecule has 1 heterocycles. The summed E-state index contributed by atoms with van der Waals surface area (Å²) < 4.78 is 1.89. The van der Waals surface area contributed by atoms with Crippen molar-refractivity contribution in [3.8, 4) is 0 Å². The van der Waals surface area contributed by atoms with E-state index in [0.717, 1.165) is 35.7 Å². The molecule has 5 heteroatoms. The molecular formula is C15H25ClN4. The molecule has 0 spiro atoms. The highest BCUT2D eigenvalue weighted by atomic mass is 35.5. The zero-order chi connectivity index (χ0) is 14.5. The molecule has 112 valence electrons. The van der Waals surface area contributed by atoms with Gasteiger partial charge >= 0.3 is 0 Å². The van der Waals surface area contributed by atoms with Crippen molar-refractivity contribution in [1.82, 2.24) is 15.2 Å². The number of nitrogens with two attached hydrogens (primary N) is 1. The van der Waals surface area contributed by atoms with Gasteiger partial charge in [0.2, 0.25) is 0 Å². The van der Waals surface area contributed by atoms with Crippen LogP contribution in [0.2, 0.25) is 5.02 Å². The van der Waals surface area contributed by atoms with Crippen molar-refractivity contribution in [2.75, 3.05) is 0 Å². The molecule has 20 heavy (non-hydrogen) atoms. The standard InChI is InChI=1S/C15H25ClN4/c1-3-13-15(16)14(20(2)19-13)10-12(18-17)9-11-7-5-4-6-8-11/h7,12,18H,3-6,8-10,17H2,1-2H3. The lowest BCUT2D eigenvalue weighted by Gasteiger charge is -2.20. The fourth-order valence-electron chi connectivity index (χ4n) is 2.87. The first-order chi connectivity index (χ1) is 9.65. The second-order valence-electron chi connectivity index (χ2n) is 5.56. The summed E-state index contributed by atoms with van der Waals surface area (Å²) in [5, 5.41) is 5.26. The molecule has 1 atom stereocenters. The second kappa shape index (κ2) is 7.25. The number of hydrogen-bond donors (Lipinski definition) is 2. The van der Waals surface area contributed by atoms with Crippen LogP contribution < -0.4 is 11.3 Å². The molecule has 1 aliphatic rings. The summed E-state index contributed by atoms with van der Waals surface area (Å²) in [5.74, 6) is 5.73. The molecule has 0 saturated heterocycles. The van der Waals surface area contributed by atoms with Gasteiger partial charge in [-0.25, -0.2) is 0 Å². The molecule has 0 saturated carbocycles. The minimum Gasteiger partial charge on any atom is -0.271 e. The average Bonchev–Trinajstić information content (AvgIpc) is 2.74. The van der Waals surface area contributed by atoms with Gasteiger partial charge in [0.05, 0.1) is 16.4 Å². The van der Waals surface area contributed by atoms with Crippen LogP contribution in [0.15, 0.2) is 11.6 Å². The molecule has 1 aromatic heterocycles. The summed E-state index contributed by atoms with van der Waals surface area (Å²) in [6.45, 7) is 2.07. The fraction of sp³-hybridized carbons (Fsp3) is 0.667. The highest BCUT2D eigenvalue weighted by Crippen LogP contribution is 2.25. The Morgan fingerprint density at radius 3 is 2.80 bits per heavy atom. The van der Waals surface area contributed by atoms with Crippen LogP contribution in [0.5, 0.6) is 0 Å². The fourth-order valence-corrected chi connectivity index (χ4v) is 3.24. The number of halogens is 1. The van der Waals surface area contributed by atoms with Crippen molar-refractivity contribution in [3.05, 3.63) is 28.1 Å². The van der Waals surface area contributed by atoms with Crippen molar-refractivity contribution in [1.29, 1.82) is 0 Å². The largest absolute Gasteiger partial charge is 0.271 e. The van der Waals surface area contributed by atoms with E-state index in [9.17, 15) is 0 Å². The van der Waals surface area contributed by atoms with Crippen LogP contribution in [0.25, 0.3) is 0 Å². The Kier molecular flexibility index (Phi) is 5.64. The van der Waals surface area contributed by atoms with Crippen molar-refractivity contribution >= 4 is 11.6 Å². The summed E-state index contributed by atoms with van der Waals surface area (Å²) in [7, 11) is 1.95. The maximum atomic E-state index is 6.41. The van der Waals surface area contributed by atoms with Crippen LogP contribution in [0, 0.1) is 0 Å². The number of allylic oxidation sites excluding steroid dienone is 1. The number of aryl methyl sites for hydroxylation is 2. The highest BCUT2D eigenvalue weighted by Gasteiger charge is 2.18. The highest BCUT2D eigenvalue weighted by molar-refractivity contribution is 6.31. The molecule has 3 N–H and O–H groups in total. The van der Waals surface area contributed by atoms with E-state index in [1.807, 2.05) is 11.7 Å². The smallest absolute Gasteiger partial charge is 0.0850 e. The molecule has 4 nitrogen and oxygen atoms in total. The van der Waals surface area contributed by atoms with E-state index < -0.39 is 0 Å². The van der Waals surface area contributed by atoms with Crippen LogP contribution in [0.4, 0.5) is 0 Å². The molecule has 0 bridgehead atoms. The molecule has 0 amide bonds. The second-order valence-corrected chi connectivity index (χ2v) is 5.94. The van der Waals surface area contributed by atoms with E-state index in [4.69, 9.17) is 17.4 Å². The minimum absolute atomic E-state index is 0.219. The lowest BCUT2D eigenvalue weighted by molar-refractivity contribution is 0.490. The molecule has 1 unspecified atom stereocenters. The van der Waals surface area contributed by atoms with Crippen molar-refractivity contribution in [2.45, 2.75) is 57.9 Å². The van der Waals surface area contributed by atoms with E-state index >= 15 is 0 Å². The first kappa shape index (κ1) is 15.5. The SMILES string of the molecule is CCc1nn(C)c(CC(CC2=CCCCC2)NN)c1Cl. The van der Waals surface area contributed by atoms with Gasteiger partial charge in [-0.3, -0.25) is 16.0 Å². The third kappa shape index (κ3) is 3.62. The van der Waals surface area contributed by atoms with Crippen LogP contribution in [-0.2, 0) is 19.9 Å². The molecule has 0 aliphatic heterocycles. The summed E-state index contributed by atoms with van der Waals surface area (Å²) in [4.78, 5) is 0. The molecular weight excluding hydrogens is 272 g/mol. The van der Waals surface area contributed by atoms with E-state index in [1.54, 1.807) is 0 Å². The van der Waals surface area contributed by atoms with Crippen molar-refractivity contribution < 1.29 is 0 Å². The zero-order valence-corrected chi connectivity index (χ0v) is 13.2. The number of nitrogens with one attached hydrogen (secondary N) is 1. The van der Waals surface area contributed by atoms with Gasteiger partial charge in [0.1, 0.15) is 0 Å². The van der Waals surface area contributed by atoms with Gasteiger partial charge in [-0.1, -0.05) is 30.2 Å². The minimum atomic E-state index is 0.219. The molecule has 1 aromatic rings. The average molecular weight is 297 g/mol. The first-order valence-corrected chi connectivity index (χ1v) is 7.87. The Hall–Kier alpha value is -0.840. The maximum absolute atomic E-state index is 6.41. The first-order valence-electron chi connectivity index (χ1n) is 7.50. The van der Waals surface area contributed by atoms with Crippen LogP contribution in [-0.4, -0.2) is 15.8 Å². The van der Waals surface area contributed by atoms with Gasteiger partial charge in [-0.15, -0.1) is 0 Å². The molecule has 0 fully saturated rings. The van der Waals surface area contributed by atoms with E-state index in [1.165, 1.54) is 31.3 Å². The van der Waals surface area contributed by atoms with E-state index in [2.05, 4.69) is 23.5 Å². The third-order valence-electron chi connectivity index (χ3n) is 4.07. The number of nitrogens with zero attached hydrogens (tertiary/aromatic N) is 2. The summed E-state index contributed by atoms with van der Waals surface area (Å²) in [5.41, 5.74) is 6.50. The summed E-state index contributed by atoms with van der Waals surface area (Å²) in [6, 6.07) is 0.219. The van der Waals surface area contributed by atoms with Crippen LogP contribution in [0.3, 0.4) is 0 Å². The zero-order valence-electron chi connectivity index (χ0n) is 12.5. The number of rotatable bonds is 6. The quantitative estimate of drug-likeness (QED) is 0.482. The molecule has 1 aliphatic carbocycles. The Balaban J connectivity index is 2.06. The van der Waals surface area contributed by atoms with Gasteiger partial charge in [0.15, 0.2) is 0 Å². The Labute approximate surface area is 126 Å². The lowest BCUT2D eigenvalue weighted by atomic mass is 9.93. The molecule has 0 aromatic carbocycles. The van der Waals surface area contributed by atoms with Gasteiger partial charge in [-0.2, -0.15) is 5.10 Å². The molecule has 2 rings (SSSR count). The summed E-state index contributed by atoms with van der Waals surface area (Å²) in [6.07, 6.45) is 10.1. The Bertz CT molecular complexity index is 478. The van der Waals surface area contributed by atoms with Gasteiger partial charge < -0.3 is 0 Å². The number of aromatic nitrogens is 2.